The van der Waals surface area contributed by atoms with Gasteiger partial charge in [0.2, 0.25) is 0 Å². The van der Waals surface area contributed by atoms with Crippen LogP contribution in [-0.2, 0) is 0 Å². The van der Waals surface area contributed by atoms with Crippen LogP contribution in [-0.4, -0.2) is 12.6 Å². The molecule has 1 N–H and O–H groups in total. The Balaban J connectivity index is 2.14. The second-order valence-corrected chi connectivity index (χ2v) is 5.54. The number of unbranched alkanes of at least 4 members (excludes halogenated alkanes) is 1. The minimum Gasteiger partial charge on any atom is -0.314 e. The van der Waals surface area contributed by atoms with Crippen LogP contribution in [0.3, 0.4) is 0 Å². The summed E-state index contributed by atoms with van der Waals surface area (Å²) in [5, 5.41) is 3.83. The van der Waals surface area contributed by atoms with Crippen molar-refractivity contribution in [3.63, 3.8) is 0 Å². The molecule has 0 aromatic heterocycles. The van der Waals surface area contributed by atoms with E-state index in [1.54, 1.807) is 0 Å². The maximum absolute atomic E-state index is 3.83. The highest BCUT2D eigenvalue weighted by Gasteiger charge is 2.14. The Morgan fingerprint density at radius 1 is 1.00 bits per heavy atom. The zero-order valence-electron chi connectivity index (χ0n) is 11.4. The largest absolute Gasteiger partial charge is 0.314 e. The summed E-state index contributed by atoms with van der Waals surface area (Å²) in [5.74, 6) is 0.981. The molecule has 0 aromatic rings. The molecule has 1 aliphatic carbocycles. The number of rotatable bonds is 8. The maximum atomic E-state index is 3.83. The van der Waals surface area contributed by atoms with Crippen LogP contribution in [0.5, 0.6) is 0 Å². The van der Waals surface area contributed by atoms with Crippen LogP contribution < -0.4 is 5.32 Å². The van der Waals surface area contributed by atoms with E-state index in [0.29, 0.717) is 0 Å². The van der Waals surface area contributed by atoms with Crippen LogP contribution in [0, 0.1) is 5.92 Å². The summed E-state index contributed by atoms with van der Waals surface area (Å²) in [7, 11) is 0. The molecule has 0 amide bonds. The normalized spacial score (nSPS) is 19.9. The van der Waals surface area contributed by atoms with Crippen molar-refractivity contribution in [2.75, 3.05) is 6.54 Å². The van der Waals surface area contributed by atoms with Gasteiger partial charge in [-0.15, -0.1) is 0 Å². The van der Waals surface area contributed by atoms with E-state index >= 15 is 0 Å². The second-order valence-electron chi connectivity index (χ2n) is 5.54. The summed E-state index contributed by atoms with van der Waals surface area (Å²) in [6.45, 7) is 5.89. The third kappa shape index (κ3) is 5.89. The average molecular weight is 225 g/mol. The first-order valence-corrected chi connectivity index (χ1v) is 7.60. The Bertz CT molecular complexity index is 150. The fourth-order valence-corrected chi connectivity index (χ4v) is 2.87. The highest BCUT2D eigenvalue weighted by molar-refractivity contribution is 4.72. The maximum Gasteiger partial charge on any atom is 0.00670 e. The molecule has 1 rings (SSSR count). The van der Waals surface area contributed by atoms with Crippen LogP contribution in [0.25, 0.3) is 0 Å². The predicted octanol–water partition coefficient (Wildman–Crippen LogP) is 4.52. The van der Waals surface area contributed by atoms with Crippen LogP contribution in [0.2, 0.25) is 0 Å². The summed E-state index contributed by atoms with van der Waals surface area (Å²) < 4.78 is 0. The quantitative estimate of drug-likeness (QED) is 0.640. The van der Waals surface area contributed by atoms with Crippen molar-refractivity contribution in [2.45, 2.75) is 84.1 Å². The molecule has 0 spiro atoms. The predicted molar refractivity (Wildman–Crippen MR) is 72.8 cm³/mol. The fraction of sp³-hybridized carbons (Fsp3) is 1.00. The summed E-state index contributed by atoms with van der Waals surface area (Å²) in [5.41, 5.74) is 0. The van der Waals surface area contributed by atoms with Crippen LogP contribution in [0.1, 0.15) is 78.1 Å². The second kappa shape index (κ2) is 9.04. The first-order chi connectivity index (χ1) is 7.86. The van der Waals surface area contributed by atoms with E-state index in [1.165, 1.54) is 70.8 Å². The van der Waals surface area contributed by atoms with E-state index in [0.717, 1.165) is 12.0 Å². The van der Waals surface area contributed by atoms with Gasteiger partial charge >= 0.3 is 0 Å². The summed E-state index contributed by atoms with van der Waals surface area (Å²) in [6, 6.07) is 0.798. The molecule has 1 atom stereocenters. The van der Waals surface area contributed by atoms with Gasteiger partial charge < -0.3 is 5.32 Å². The smallest absolute Gasteiger partial charge is 0.00670 e. The fourth-order valence-electron chi connectivity index (χ4n) is 2.87. The molecule has 1 saturated carbocycles. The third-order valence-corrected chi connectivity index (χ3v) is 3.96. The van der Waals surface area contributed by atoms with Crippen molar-refractivity contribution in [2.24, 2.45) is 5.92 Å². The Hall–Kier alpha value is -0.0400. The van der Waals surface area contributed by atoms with Gasteiger partial charge in [0, 0.05) is 6.04 Å². The Kier molecular flexibility index (Phi) is 7.92. The Morgan fingerprint density at radius 2 is 1.75 bits per heavy atom. The van der Waals surface area contributed by atoms with Gasteiger partial charge in [0.15, 0.2) is 0 Å². The molecule has 96 valence electrons. The summed E-state index contributed by atoms with van der Waals surface area (Å²) >= 11 is 0. The van der Waals surface area contributed by atoms with Crippen LogP contribution in [0.4, 0.5) is 0 Å². The van der Waals surface area contributed by atoms with E-state index in [-0.39, 0.29) is 0 Å². The monoisotopic (exact) mass is 225 g/mol. The molecule has 0 bridgehead atoms. The standard InChI is InChI=1S/C15H31N/c1-3-5-12-15(9-4-2)16-13-14-10-7-6-8-11-14/h14-16H,3-13H2,1-2H3. The van der Waals surface area contributed by atoms with Crippen molar-refractivity contribution in [3.8, 4) is 0 Å². The third-order valence-electron chi connectivity index (χ3n) is 3.96. The molecular formula is C15H31N. The minimum absolute atomic E-state index is 0.798. The molecule has 0 aromatic carbocycles. The van der Waals surface area contributed by atoms with Gasteiger partial charge in [-0.3, -0.25) is 0 Å². The number of nitrogens with one attached hydrogen (secondary N) is 1. The van der Waals surface area contributed by atoms with Crippen LogP contribution in [0.15, 0.2) is 0 Å². The van der Waals surface area contributed by atoms with Gasteiger partial charge in [-0.1, -0.05) is 52.4 Å². The molecule has 1 fully saturated rings. The zero-order valence-corrected chi connectivity index (χ0v) is 11.4. The van der Waals surface area contributed by atoms with Gasteiger partial charge in [-0.2, -0.15) is 0 Å². The van der Waals surface area contributed by atoms with Gasteiger partial charge in [0.1, 0.15) is 0 Å². The Labute approximate surface area is 102 Å². The summed E-state index contributed by atoms with van der Waals surface area (Å²) in [6.07, 6.45) is 14.2. The first-order valence-electron chi connectivity index (χ1n) is 7.60. The van der Waals surface area contributed by atoms with E-state index < -0.39 is 0 Å². The topological polar surface area (TPSA) is 12.0 Å². The molecule has 1 aliphatic rings. The lowest BCUT2D eigenvalue weighted by Crippen LogP contribution is -2.34. The van der Waals surface area contributed by atoms with Gasteiger partial charge in [-0.25, -0.2) is 0 Å². The molecule has 16 heavy (non-hydrogen) atoms. The summed E-state index contributed by atoms with van der Waals surface area (Å²) in [4.78, 5) is 0. The van der Waals surface area contributed by atoms with E-state index in [4.69, 9.17) is 0 Å². The zero-order chi connectivity index (χ0) is 11.6. The highest BCUT2D eigenvalue weighted by Crippen LogP contribution is 2.23. The first kappa shape index (κ1) is 14.0. The van der Waals surface area contributed by atoms with E-state index in [2.05, 4.69) is 19.2 Å². The molecular weight excluding hydrogens is 194 g/mol. The van der Waals surface area contributed by atoms with E-state index in [1.807, 2.05) is 0 Å². The van der Waals surface area contributed by atoms with Crippen molar-refractivity contribution in [3.05, 3.63) is 0 Å². The van der Waals surface area contributed by atoms with Gasteiger partial charge in [-0.05, 0) is 38.1 Å². The van der Waals surface area contributed by atoms with Crippen molar-refractivity contribution in [1.82, 2.24) is 5.32 Å². The molecule has 1 unspecified atom stereocenters. The molecule has 0 saturated heterocycles. The van der Waals surface area contributed by atoms with Crippen molar-refractivity contribution in [1.29, 1.82) is 0 Å². The molecule has 0 radical (unpaired) electrons. The molecule has 0 aliphatic heterocycles. The Morgan fingerprint density at radius 3 is 2.38 bits per heavy atom. The van der Waals surface area contributed by atoms with Crippen molar-refractivity contribution < 1.29 is 0 Å². The molecule has 0 heterocycles. The average Bonchev–Trinajstić information content (AvgIpc) is 2.34. The molecule has 1 nitrogen and oxygen atoms in total. The number of hydrogen-bond acceptors (Lipinski definition) is 1. The SMILES string of the molecule is CCCCC(CCC)NCC1CCCCC1. The lowest BCUT2D eigenvalue weighted by molar-refractivity contribution is 0.315. The highest BCUT2D eigenvalue weighted by atomic mass is 14.9. The lowest BCUT2D eigenvalue weighted by Gasteiger charge is -2.25. The van der Waals surface area contributed by atoms with Gasteiger partial charge in [0.25, 0.3) is 0 Å². The van der Waals surface area contributed by atoms with Gasteiger partial charge in [0.05, 0.1) is 0 Å². The minimum atomic E-state index is 0.798. The molecule has 1 heteroatoms. The van der Waals surface area contributed by atoms with Crippen molar-refractivity contribution >= 4 is 0 Å². The van der Waals surface area contributed by atoms with E-state index in [9.17, 15) is 0 Å². The van der Waals surface area contributed by atoms with Crippen LogP contribution >= 0.6 is 0 Å². The number of hydrogen-bond donors (Lipinski definition) is 1. The lowest BCUT2D eigenvalue weighted by atomic mass is 9.89.